The smallest absolute Gasteiger partial charge is 0.130 e. The zero-order valence-electron chi connectivity index (χ0n) is 8.51. The van der Waals surface area contributed by atoms with E-state index >= 15 is 0 Å². The molecule has 2 rings (SSSR count). The maximum Gasteiger partial charge on any atom is 0.130 e. The van der Waals surface area contributed by atoms with Gasteiger partial charge in [0.25, 0.3) is 0 Å². The summed E-state index contributed by atoms with van der Waals surface area (Å²) >= 11 is 4.94. The topological polar surface area (TPSA) is 50.7 Å². The van der Waals surface area contributed by atoms with Crippen LogP contribution in [0.3, 0.4) is 0 Å². The highest BCUT2D eigenvalue weighted by Crippen LogP contribution is 2.30. The summed E-state index contributed by atoms with van der Waals surface area (Å²) in [7, 11) is 1.83. The highest BCUT2D eigenvalue weighted by Gasteiger charge is 2.04. The fourth-order valence-corrected chi connectivity index (χ4v) is 2.32. The van der Waals surface area contributed by atoms with E-state index in [9.17, 15) is 0 Å². The average Bonchev–Trinajstić information content (AvgIpc) is 2.32. The molecule has 0 fully saturated rings. The van der Waals surface area contributed by atoms with E-state index in [1.165, 1.54) is 18.1 Å². The van der Waals surface area contributed by atoms with E-state index in [2.05, 4.69) is 36.2 Å². The van der Waals surface area contributed by atoms with Crippen LogP contribution in [0.4, 0.5) is 5.82 Å². The number of nitrogens with one attached hydrogen (secondary N) is 1. The molecule has 1 N–H and O–H groups in total. The standard InChI is InChI=1S/C10H9BrN4S/c1-12-8-5-9(15-6-14-8)16-10-7(11)3-2-4-13-10/h2-6H,1H3,(H,12,14,15). The van der Waals surface area contributed by atoms with Gasteiger partial charge in [-0.15, -0.1) is 0 Å². The molecular weight excluding hydrogens is 288 g/mol. The number of halogens is 1. The third-order valence-electron chi connectivity index (χ3n) is 1.82. The van der Waals surface area contributed by atoms with Gasteiger partial charge in [-0.2, -0.15) is 0 Å². The number of anilines is 1. The third kappa shape index (κ3) is 2.70. The molecule has 4 nitrogen and oxygen atoms in total. The van der Waals surface area contributed by atoms with Crippen molar-refractivity contribution in [3.63, 3.8) is 0 Å². The minimum absolute atomic E-state index is 0.796. The fraction of sp³-hybridized carbons (Fsp3) is 0.100. The van der Waals surface area contributed by atoms with E-state index in [0.29, 0.717) is 0 Å². The van der Waals surface area contributed by atoms with Crippen LogP contribution in [0.25, 0.3) is 0 Å². The normalized spacial score (nSPS) is 10.1. The molecule has 0 radical (unpaired) electrons. The molecule has 82 valence electrons. The van der Waals surface area contributed by atoms with E-state index in [0.717, 1.165) is 20.3 Å². The Hall–Kier alpha value is -1.14. The lowest BCUT2D eigenvalue weighted by Crippen LogP contribution is -1.93. The van der Waals surface area contributed by atoms with Gasteiger partial charge in [-0.3, -0.25) is 0 Å². The molecule has 0 bridgehead atoms. The predicted molar refractivity (Wildman–Crippen MR) is 67.6 cm³/mol. The largest absolute Gasteiger partial charge is 0.373 e. The summed E-state index contributed by atoms with van der Waals surface area (Å²) in [4.78, 5) is 12.5. The summed E-state index contributed by atoms with van der Waals surface area (Å²) in [5.41, 5.74) is 0. The van der Waals surface area contributed by atoms with Gasteiger partial charge in [0.05, 0.1) is 4.47 Å². The number of hydrogen-bond acceptors (Lipinski definition) is 5. The van der Waals surface area contributed by atoms with Crippen LogP contribution < -0.4 is 5.32 Å². The Labute approximate surface area is 106 Å². The Kier molecular flexibility index (Phi) is 3.74. The van der Waals surface area contributed by atoms with Gasteiger partial charge >= 0.3 is 0 Å². The Bertz CT molecular complexity index is 492. The van der Waals surface area contributed by atoms with E-state index < -0.39 is 0 Å². The fourth-order valence-electron chi connectivity index (χ4n) is 1.08. The summed E-state index contributed by atoms with van der Waals surface area (Å²) < 4.78 is 0.963. The Balaban J connectivity index is 2.24. The second kappa shape index (κ2) is 5.27. The van der Waals surface area contributed by atoms with Crippen LogP contribution in [0.1, 0.15) is 0 Å². The summed E-state index contributed by atoms with van der Waals surface area (Å²) in [6.45, 7) is 0. The summed E-state index contributed by atoms with van der Waals surface area (Å²) in [5.74, 6) is 0.796. The number of pyridine rings is 1. The van der Waals surface area contributed by atoms with Crippen molar-refractivity contribution in [1.29, 1.82) is 0 Å². The van der Waals surface area contributed by atoms with E-state index in [-0.39, 0.29) is 0 Å². The molecule has 0 atom stereocenters. The van der Waals surface area contributed by atoms with Crippen molar-refractivity contribution in [2.24, 2.45) is 0 Å². The molecule has 0 unspecified atom stereocenters. The SMILES string of the molecule is CNc1cc(Sc2ncccc2Br)ncn1. The van der Waals surface area contributed by atoms with Crippen LogP contribution >= 0.6 is 27.7 Å². The lowest BCUT2D eigenvalue weighted by molar-refractivity contribution is 1.03. The first-order valence-electron chi connectivity index (χ1n) is 4.58. The van der Waals surface area contributed by atoms with Crippen LogP contribution in [0.2, 0.25) is 0 Å². The Morgan fingerprint density at radius 2 is 2.19 bits per heavy atom. The molecule has 0 aliphatic heterocycles. The van der Waals surface area contributed by atoms with Gasteiger partial charge in [0, 0.05) is 19.3 Å². The van der Waals surface area contributed by atoms with Crippen molar-refractivity contribution in [2.75, 3.05) is 12.4 Å². The molecule has 16 heavy (non-hydrogen) atoms. The highest BCUT2D eigenvalue weighted by atomic mass is 79.9. The molecule has 0 aliphatic carbocycles. The first kappa shape index (κ1) is 11.3. The molecule has 2 aromatic heterocycles. The van der Waals surface area contributed by atoms with Crippen molar-refractivity contribution >= 4 is 33.5 Å². The average molecular weight is 297 g/mol. The summed E-state index contributed by atoms with van der Waals surface area (Å²) in [5, 5.41) is 4.72. The van der Waals surface area contributed by atoms with Gasteiger partial charge in [0.15, 0.2) is 0 Å². The molecule has 0 amide bonds. The van der Waals surface area contributed by atoms with Crippen LogP contribution in [-0.4, -0.2) is 22.0 Å². The van der Waals surface area contributed by atoms with E-state index in [1.54, 1.807) is 6.20 Å². The van der Waals surface area contributed by atoms with Crippen molar-refractivity contribution in [1.82, 2.24) is 15.0 Å². The maximum atomic E-state index is 4.26. The van der Waals surface area contributed by atoms with Crippen LogP contribution in [0.15, 0.2) is 45.2 Å². The second-order valence-electron chi connectivity index (χ2n) is 2.88. The lowest BCUT2D eigenvalue weighted by atomic mass is 10.5. The number of aromatic nitrogens is 3. The molecule has 6 heteroatoms. The third-order valence-corrected chi connectivity index (χ3v) is 3.68. The van der Waals surface area contributed by atoms with Gasteiger partial charge in [0.2, 0.25) is 0 Å². The molecule has 0 saturated carbocycles. The first-order chi connectivity index (χ1) is 7.79. The number of nitrogens with zero attached hydrogens (tertiary/aromatic N) is 3. The van der Waals surface area contributed by atoms with E-state index in [1.807, 2.05) is 25.2 Å². The second-order valence-corrected chi connectivity index (χ2v) is 4.75. The monoisotopic (exact) mass is 296 g/mol. The molecule has 0 spiro atoms. The Morgan fingerprint density at radius 1 is 1.31 bits per heavy atom. The number of hydrogen-bond donors (Lipinski definition) is 1. The molecular formula is C10H9BrN4S. The molecule has 2 aromatic rings. The molecule has 0 aromatic carbocycles. The summed E-state index contributed by atoms with van der Waals surface area (Å²) in [6, 6.07) is 5.72. The minimum Gasteiger partial charge on any atom is -0.373 e. The van der Waals surface area contributed by atoms with Gasteiger partial charge in [-0.25, -0.2) is 15.0 Å². The van der Waals surface area contributed by atoms with Gasteiger partial charge < -0.3 is 5.32 Å². The van der Waals surface area contributed by atoms with Crippen molar-refractivity contribution < 1.29 is 0 Å². The summed E-state index contributed by atoms with van der Waals surface area (Å²) in [6.07, 6.45) is 3.29. The molecule has 0 saturated heterocycles. The molecule has 2 heterocycles. The Morgan fingerprint density at radius 3 is 2.94 bits per heavy atom. The van der Waals surface area contributed by atoms with Crippen LogP contribution in [0, 0.1) is 0 Å². The van der Waals surface area contributed by atoms with Gasteiger partial charge in [-0.1, -0.05) is 0 Å². The van der Waals surface area contributed by atoms with Crippen molar-refractivity contribution in [2.45, 2.75) is 10.1 Å². The van der Waals surface area contributed by atoms with Crippen LogP contribution in [0.5, 0.6) is 0 Å². The van der Waals surface area contributed by atoms with Gasteiger partial charge in [-0.05, 0) is 39.8 Å². The van der Waals surface area contributed by atoms with Crippen molar-refractivity contribution in [3.05, 3.63) is 35.2 Å². The lowest BCUT2D eigenvalue weighted by Gasteiger charge is -2.03. The minimum atomic E-state index is 0.796. The maximum absolute atomic E-state index is 4.26. The van der Waals surface area contributed by atoms with Gasteiger partial charge in [0.1, 0.15) is 22.2 Å². The number of rotatable bonds is 3. The van der Waals surface area contributed by atoms with E-state index in [4.69, 9.17) is 0 Å². The molecule has 0 aliphatic rings. The van der Waals surface area contributed by atoms with Crippen LogP contribution in [-0.2, 0) is 0 Å². The quantitative estimate of drug-likeness (QED) is 0.883. The highest BCUT2D eigenvalue weighted by molar-refractivity contribution is 9.10. The zero-order valence-corrected chi connectivity index (χ0v) is 10.9. The zero-order chi connectivity index (χ0) is 11.4. The van der Waals surface area contributed by atoms with Crippen molar-refractivity contribution in [3.8, 4) is 0 Å². The predicted octanol–water partition coefficient (Wildman–Crippen LogP) is 2.83. The first-order valence-corrected chi connectivity index (χ1v) is 6.18.